The van der Waals surface area contributed by atoms with Gasteiger partial charge in [-0.25, -0.2) is 0 Å². The monoisotopic (exact) mass is 238 g/mol. The van der Waals surface area contributed by atoms with Crippen LogP contribution in [0.2, 0.25) is 0 Å². The standard InChI is InChI=1S/C13H18O2S/c1-10-5-3-6-11(9-10)12(13(14)15)7-4-8-16-2/h3,5-6,9,12H,4,7-8H2,1-2H3,(H,14,15). The molecule has 0 aliphatic carbocycles. The SMILES string of the molecule is CSCCCC(C(=O)O)c1cccc(C)c1. The normalized spacial score (nSPS) is 12.4. The first kappa shape index (κ1) is 13.1. The molecule has 1 rings (SSSR count). The second-order valence-electron chi connectivity index (χ2n) is 3.94. The van der Waals surface area contributed by atoms with Crippen molar-refractivity contribution in [1.29, 1.82) is 0 Å². The van der Waals surface area contributed by atoms with Crippen molar-refractivity contribution in [3.05, 3.63) is 35.4 Å². The van der Waals surface area contributed by atoms with Crippen LogP contribution in [0.5, 0.6) is 0 Å². The summed E-state index contributed by atoms with van der Waals surface area (Å²) >= 11 is 1.76. The second kappa shape index (κ2) is 6.59. The van der Waals surface area contributed by atoms with E-state index in [0.717, 1.165) is 29.7 Å². The van der Waals surface area contributed by atoms with Gasteiger partial charge >= 0.3 is 5.97 Å². The van der Waals surface area contributed by atoms with Gasteiger partial charge < -0.3 is 5.11 Å². The Kier molecular flexibility index (Phi) is 5.39. The van der Waals surface area contributed by atoms with E-state index in [-0.39, 0.29) is 5.92 Å². The fraction of sp³-hybridized carbons (Fsp3) is 0.462. The third-order valence-electron chi connectivity index (χ3n) is 2.58. The first-order chi connectivity index (χ1) is 7.65. The second-order valence-corrected chi connectivity index (χ2v) is 4.93. The molecule has 0 aliphatic heterocycles. The summed E-state index contributed by atoms with van der Waals surface area (Å²) in [4.78, 5) is 11.2. The average Bonchev–Trinajstić information content (AvgIpc) is 2.24. The van der Waals surface area contributed by atoms with E-state index in [2.05, 4.69) is 0 Å². The minimum absolute atomic E-state index is 0.355. The van der Waals surface area contributed by atoms with Gasteiger partial charge in [-0.05, 0) is 37.3 Å². The fourth-order valence-electron chi connectivity index (χ4n) is 1.75. The molecule has 1 N–H and O–H groups in total. The number of carboxylic acids is 1. The number of thioether (sulfide) groups is 1. The Labute approximate surface area is 101 Å². The van der Waals surface area contributed by atoms with Crippen molar-refractivity contribution in [3.8, 4) is 0 Å². The molecule has 0 saturated carbocycles. The predicted molar refractivity (Wildman–Crippen MR) is 69.2 cm³/mol. The predicted octanol–water partition coefficient (Wildman–Crippen LogP) is 3.31. The van der Waals surface area contributed by atoms with Crippen LogP contribution in [0.25, 0.3) is 0 Å². The molecule has 1 aromatic carbocycles. The van der Waals surface area contributed by atoms with E-state index in [1.54, 1.807) is 11.8 Å². The molecule has 0 saturated heterocycles. The molecule has 0 aromatic heterocycles. The fourth-order valence-corrected chi connectivity index (χ4v) is 2.21. The highest BCUT2D eigenvalue weighted by Gasteiger charge is 2.18. The molecule has 0 fully saturated rings. The van der Waals surface area contributed by atoms with Crippen LogP contribution in [-0.4, -0.2) is 23.1 Å². The summed E-state index contributed by atoms with van der Waals surface area (Å²) in [7, 11) is 0. The van der Waals surface area contributed by atoms with Crippen molar-refractivity contribution < 1.29 is 9.90 Å². The molecule has 0 spiro atoms. The first-order valence-corrected chi connectivity index (χ1v) is 6.83. The number of carboxylic acid groups (broad SMARTS) is 1. The van der Waals surface area contributed by atoms with Crippen LogP contribution in [0.3, 0.4) is 0 Å². The highest BCUT2D eigenvalue weighted by atomic mass is 32.2. The van der Waals surface area contributed by atoms with E-state index in [9.17, 15) is 9.90 Å². The van der Waals surface area contributed by atoms with E-state index < -0.39 is 5.97 Å². The van der Waals surface area contributed by atoms with Gasteiger partial charge in [0.1, 0.15) is 0 Å². The van der Waals surface area contributed by atoms with Crippen LogP contribution in [0.1, 0.15) is 29.9 Å². The quantitative estimate of drug-likeness (QED) is 0.773. The lowest BCUT2D eigenvalue weighted by molar-refractivity contribution is -0.139. The average molecular weight is 238 g/mol. The smallest absolute Gasteiger partial charge is 0.310 e. The van der Waals surface area contributed by atoms with Gasteiger partial charge in [-0.3, -0.25) is 4.79 Å². The lowest BCUT2D eigenvalue weighted by Crippen LogP contribution is -2.12. The van der Waals surface area contributed by atoms with Crippen molar-refractivity contribution in [2.75, 3.05) is 12.0 Å². The highest BCUT2D eigenvalue weighted by Crippen LogP contribution is 2.23. The largest absolute Gasteiger partial charge is 0.481 e. The Hall–Kier alpha value is -0.960. The van der Waals surface area contributed by atoms with Crippen LogP contribution in [-0.2, 0) is 4.79 Å². The van der Waals surface area contributed by atoms with E-state index in [1.807, 2.05) is 37.4 Å². The third kappa shape index (κ3) is 3.89. The van der Waals surface area contributed by atoms with Crippen LogP contribution in [0.15, 0.2) is 24.3 Å². The van der Waals surface area contributed by atoms with Crippen LogP contribution in [0.4, 0.5) is 0 Å². The summed E-state index contributed by atoms with van der Waals surface area (Å²) in [5, 5.41) is 9.21. The summed E-state index contributed by atoms with van der Waals surface area (Å²) in [6, 6.07) is 7.79. The number of carbonyl (C=O) groups is 1. The third-order valence-corrected chi connectivity index (χ3v) is 3.28. The first-order valence-electron chi connectivity index (χ1n) is 5.43. The Morgan fingerprint density at radius 3 is 2.81 bits per heavy atom. The molecule has 0 heterocycles. The minimum Gasteiger partial charge on any atom is -0.481 e. The summed E-state index contributed by atoms with van der Waals surface area (Å²) in [6.45, 7) is 1.99. The summed E-state index contributed by atoms with van der Waals surface area (Å²) in [5.74, 6) is -0.0472. The number of hydrogen-bond donors (Lipinski definition) is 1. The molecule has 3 heteroatoms. The van der Waals surface area contributed by atoms with Gasteiger partial charge in [-0.15, -0.1) is 0 Å². The van der Waals surface area contributed by atoms with Crippen molar-refractivity contribution in [2.24, 2.45) is 0 Å². The molecule has 88 valence electrons. The van der Waals surface area contributed by atoms with Gasteiger partial charge in [-0.2, -0.15) is 11.8 Å². The summed E-state index contributed by atoms with van der Waals surface area (Å²) in [6.07, 6.45) is 3.72. The van der Waals surface area contributed by atoms with Gasteiger partial charge in [0.2, 0.25) is 0 Å². The zero-order valence-electron chi connectivity index (χ0n) is 9.77. The van der Waals surface area contributed by atoms with Crippen LogP contribution in [0, 0.1) is 6.92 Å². The van der Waals surface area contributed by atoms with E-state index in [0.29, 0.717) is 0 Å². The molecule has 0 amide bonds. The Morgan fingerprint density at radius 1 is 1.50 bits per heavy atom. The van der Waals surface area contributed by atoms with E-state index in [1.165, 1.54) is 0 Å². The molecule has 2 nitrogen and oxygen atoms in total. The molecule has 0 radical (unpaired) electrons. The number of benzene rings is 1. The maximum absolute atomic E-state index is 11.2. The Bertz CT molecular complexity index is 350. The van der Waals surface area contributed by atoms with Gasteiger partial charge in [0.25, 0.3) is 0 Å². The molecule has 1 aromatic rings. The number of aliphatic carboxylic acids is 1. The van der Waals surface area contributed by atoms with Gasteiger partial charge in [0, 0.05) is 0 Å². The topological polar surface area (TPSA) is 37.3 Å². The van der Waals surface area contributed by atoms with Gasteiger partial charge in [0.15, 0.2) is 0 Å². The number of aryl methyl sites for hydroxylation is 1. The number of rotatable bonds is 6. The maximum Gasteiger partial charge on any atom is 0.310 e. The van der Waals surface area contributed by atoms with Gasteiger partial charge in [0.05, 0.1) is 5.92 Å². The lowest BCUT2D eigenvalue weighted by Gasteiger charge is -2.12. The Balaban J connectivity index is 2.73. The van der Waals surface area contributed by atoms with Crippen molar-refractivity contribution in [3.63, 3.8) is 0 Å². The van der Waals surface area contributed by atoms with Crippen LogP contribution < -0.4 is 0 Å². The molecule has 0 bridgehead atoms. The zero-order valence-corrected chi connectivity index (χ0v) is 10.6. The highest BCUT2D eigenvalue weighted by molar-refractivity contribution is 7.98. The van der Waals surface area contributed by atoms with E-state index in [4.69, 9.17) is 0 Å². The lowest BCUT2D eigenvalue weighted by atomic mass is 9.93. The summed E-state index contributed by atoms with van der Waals surface area (Å²) < 4.78 is 0. The number of hydrogen-bond acceptors (Lipinski definition) is 2. The molecule has 1 atom stereocenters. The van der Waals surface area contributed by atoms with E-state index >= 15 is 0 Å². The van der Waals surface area contributed by atoms with Crippen LogP contribution >= 0.6 is 11.8 Å². The zero-order chi connectivity index (χ0) is 12.0. The molecule has 1 unspecified atom stereocenters. The molecule has 16 heavy (non-hydrogen) atoms. The molecular weight excluding hydrogens is 220 g/mol. The Morgan fingerprint density at radius 2 is 2.25 bits per heavy atom. The van der Waals surface area contributed by atoms with Crippen molar-refractivity contribution >= 4 is 17.7 Å². The maximum atomic E-state index is 11.2. The summed E-state index contributed by atoms with van der Waals surface area (Å²) in [5.41, 5.74) is 2.04. The van der Waals surface area contributed by atoms with Crippen molar-refractivity contribution in [2.45, 2.75) is 25.7 Å². The van der Waals surface area contributed by atoms with Gasteiger partial charge in [-0.1, -0.05) is 29.8 Å². The molecule has 0 aliphatic rings. The minimum atomic E-state index is -0.716. The van der Waals surface area contributed by atoms with Crippen molar-refractivity contribution in [1.82, 2.24) is 0 Å². The molecular formula is C13H18O2S.